The van der Waals surface area contributed by atoms with Gasteiger partial charge in [-0.25, -0.2) is 8.78 Å². The Morgan fingerprint density at radius 2 is 1.76 bits per heavy atom. The van der Waals surface area contributed by atoms with E-state index in [-0.39, 0.29) is 16.7 Å². The van der Waals surface area contributed by atoms with E-state index in [0.29, 0.717) is 0 Å². The Labute approximate surface area is 106 Å². The van der Waals surface area contributed by atoms with Crippen LogP contribution in [-0.2, 0) is 0 Å². The zero-order chi connectivity index (χ0) is 13.2. The predicted molar refractivity (Wildman–Crippen MR) is 65.6 cm³/mol. The quantitative estimate of drug-likeness (QED) is 0.716. The van der Waals surface area contributed by atoms with Crippen molar-refractivity contribution in [3.63, 3.8) is 0 Å². The molecule has 0 bridgehead atoms. The number of rotatable bonds is 4. The van der Waals surface area contributed by atoms with Gasteiger partial charge >= 0.3 is 0 Å². The number of alkyl halides is 1. The Morgan fingerprint density at radius 1 is 1.29 bits per heavy atom. The Balaban J connectivity index is 3.23. The lowest BCUT2D eigenvalue weighted by molar-refractivity contribution is 0.322. The maximum atomic E-state index is 13.8. The van der Waals surface area contributed by atoms with Crippen LogP contribution in [0.15, 0.2) is 12.1 Å². The van der Waals surface area contributed by atoms with E-state index in [1.54, 1.807) is 0 Å². The van der Waals surface area contributed by atoms with E-state index in [1.165, 1.54) is 7.11 Å². The second kappa shape index (κ2) is 5.21. The molecule has 1 aromatic rings. The van der Waals surface area contributed by atoms with E-state index in [0.717, 1.165) is 18.6 Å². The summed E-state index contributed by atoms with van der Waals surface area (Å²) in [6.45, 7) is 5.70. The molecule has 0 saturated carbocycles. The molecule has 1 rings (SSSR count). The van der Waals surface area contributed by atoms with Crippen molar-refractivity contribution in [3.8, 4) is 5.75 Å². The zero-order valence-corrected chi connectivity index (χ0v) is 11.2. The van der Waals surface area contributed by atoms with E-state index >= 15 is 0 Å². The fourth-order valence-electron chi connectivity index (χ4n) is 1.49. The minimum absolute atomic E-state index is 0.0840. The van der Waals surface area contributed by atoms with Gasteiger partial charge in [0.25, 0.3) is 0 Å². The third kappa shape index (κ3) is 2.89. The van der Waals surface area contributed by atoms with Gasteiger partial charge in [0.15, 0.2) is 0 Å². The number of benzene rings is 1. The molecular formula is C13H17ClF2O. The van der Waals surface area contributed by atoms with Crippen LogP contribution in [0.4, 0.5) is 8.78 Å². The SMILES string of the molecule is CCC(C)(C)C(Cl)c1c(F)cc(OC)cc1F. The summed E-state index contributed by atoms with van der Waals surface area (Å²) in [4.78, 5) is 0. The van der Waals surface area contributed by atoms with Gasteiger partial charge < -0.3 is 4.74 Å². The van der Waals surface area contributed by atoms with Gasteiger partial charge in [-0.2, -0.15) is 0 Å². The molecule has 0 radical (unpaired) electrons. The summed E-state index contributed by atoms with van der Waals surface area (Å²) in [6.07, 6.45) is 0.728. The van der Waals surface area contributed by atoms with E-state index < -0.39 is 17.0 Å². The predicted octanol–water partition coefficient (Wildman–Crippen LogP) is 4.69. The molecule has 17 heavy (non-hydrogen) atoms. The summed E-state index contributed by atoms with van der Waals surface area (Å²) in [5.41, 5.74) is -0.461. The molecular weight excluding hydrogens is 246 g/mol. The molecule has 0 N–H and O–H groups in total. The standard InChI is InChI=1S/C13H17ClF2O/c1-5-13(2,3)12(14)11-9(15)6-8(17-4)7-10(11)16/h6-7,12H,5H2,1-4H3. The normalized spacial score (nSPS) is 13.6. The molecule has 1 nitrogen and oxygen atoms in total. The van der Waals surface area contributed by atoms with Crippen molar-refractivity contribution < 1.29 is 13.5 Å². The Hall–Kier alpha value is -0.830. The van der Waals surface area contributed by atoms with Crippen molar-refractivity contribution in [2.45, 2.75) is 32.6 Å². The Morgan fingerprint density at radius 3 is 2.12 bits per heavy atom. The molecule has 4 heteroatoms. The molecule has 0 heterocycles. The van der Waals surface area contributed by atoms with Crippen molar-refractivity contribution in [1.29, 1.82) is 0 Å². The molecule has 1 unspecified atom stereocenters. The lowest BCUT2D eigenvalue weighted by atomic mass is 9.82. The largest absolute Gasteiger partial charge is 0.497 e. The first-order chi connectivity index (χ1) is 7.83. The first-order valence-corrected chi connectivity index (χ1v) is 5.94. The van der Waals surface area contributed by atoms with Crippen LogP contribution in [0.25, 0.3) is 0 Å². The highest BCUT2D eigenvalue weighted by Gasteiger charge is 2.32. The third-order valence-electron chi connectivity index (χ3n) is 3.14. The molecule has 0 spiro atoms. The summed E-state index contributed by atoms with van der Waals surface area (Å²) < 4.78 is 32.4. The summed E-state index contributed by atoms with van der Waals surface area (Å²) >= 11 is 6.18. The van der Waals surface area contributed by atoms with Crippen LogP contribution < -0.4 is 4.74 Å². The minimum atomic E-state index is -0.710. The number of methoxy groups -OCH3 is 1. The van der Waals surface area contributed by atoms with E-state index in [2.05, 4.69) is 0 Å². The van der Waals surface area contributed by atoms with Gasteiger partial charge in [-0.15, -0.1) is 11.6 Å². The van der Waals surface area contributed by atoms with Crippen LogP contribution in [-0.4, -0.2) is 7.11 Å². The van der Waals surface area contributed by atoms with Crippen molar-refractivity contribution >= 4 is 11.6 Å². The lowest BCUT2D eigenvalue weighted by Gasteiger charge is -2.29. The fourth-order valence-corrected chi connectivity index (χ4v) is 1.85. The second-order valence-electron chi connectivity index (χ2n) is 4.71. The van der Waals surface area contributed by atoms with Crippen molar-refractivity contribution in [2.24, 2.45) is 5.41 Å². The highest BCUT2D eigenvalue weighted by atomic mass is 35.5. The van der Waals surface area contributed by atoms with Crippen LogP contribution >= 0.6 is 11.6 Å². The topological polar surface area (TPSA) is 9.23 Å². The maximum absolute atomic E-state index is 13.8. The van der Waals surface area contributed by atoms with Crippen LogP contribution in [0.1, 0.15) is 38.1 Å². The minimum Gasteiger partial charge on any atom is -0.497 e. The van der Waals surface area contributed by atoms with E-state index in [1.807, 2.05) is 20.8 Å². The van der Waals surface area contributed by atoms with Gasteiger partial charge in [0.1, 0.15) is 17.4 Å². The number of ether oxygens (including phenoxy) is 1. The molecule has 0 aliphatic rings. The number of hydrogen-bond donors (Lipinski definition) is 0. The van der Waals surface area contributed by atoms with Gasteiger partial charge in [0.2, 0.25) is 0 Å². The Kier molecular flexibility index (Phi) is 4.36. The number of halogens is 3. The second-order valence-corrected chi connectivity index (χ2v) is 5.15. The van der Waals surface area contributed by atoms with Crippen molar-refractivity contribution in [1.82, 2.24) is 0 Å². The first-order valence-electron chi connectivity index (χ1n) is 5.50. The van der Waals surface area contributed by atoms with Crippen LogP contribution in [0.5, 0.6) is 5.75 Å². The molecule has 0 amide bonds. The molecule has 0 aliphatic carbocycles. The number of hydrogen-bond acceptors (Lipinski definition) is 1. The summed E-state index contributed by atoms with van der Waals surface area (Å²) in [7, 11) is 1.36. The van der Waals surface area contributed by atoms with Crippen LogP contribution in [0.3, 0.4) is 0 Å². The van der Waals surface area contributed by atoms with Gasteiger partial charge in [-0.1, -0.05) is 20.8 Å². The average Bonchev–Trinajstić information content (AvgIpc) is 2.27. The average molecular weight is 263 g/mol. The third-order valence-corrected chi connectivity index (χ3v) is 3.95. The summed E-state index contributed by atoms with van der Waals surface area (Å²) in [6, 6.07) is 2.30. The Bertz CT molecular complexity index is 381. The molecule has 0 aliphatic heterocycles. The van der Waals surface area contributed by atoms with Gasteiger partial charge in [0.05, 0.1) is 12.5 Å². The molecule has 0 fully saturated rings. The zero-order valence-electron chi connectivity index (χ0n) is 10.5. The maximum Gasteiger partial charge on any atom is 0.134 e. The highest BCUT2D eigenvalue weighted by Crippen LogP contribution is 2.43. The lowest BCUT2D eigenvalue weighted by Crippen LogP contribution is -2.19. The van der Waals surface area contributed by atoms with E-state index in [4.69, 9.17) is 16.3 Å². The monoisotopic (exact) mass is 262 g/mol. The van der Waals surface area contributed by atoms with Crippen LogP contribution in [0.2, 0.25) is 0 Å². The molecule has 1 aromatic carbocycles. The van der Waals surface area contributed by atoms with Crippen molar-refractivity contribution in [3.05, 3.63) is 29.3 Å². The highest BCUT2D eigenvalue weighted by molar-refractivity contribution is 6.21. The molecule has 0 aromatic heterocycles. The van der Waals surface area contributed by atoms with Gasteiger partial charge in [0, 0.05) is 17.7 Å². The van der Waals surface area contributed by atoms with Gasteiger partial charge in [-0.3, -0.25) is 0 Å². The van der Waals surface area contributed by atoms with Crippen molar-refractivity contribution in [2.75, 3.05) is 7.11 Å². The molecule has 0 saturated heterocycles. The van der Waals surface area contributed by atoms with E-state index in [9.17, 15) is 8.78 Å². The smallest absolute Gasteiger partial charge is 0.134 e. The summed E-state index contributed by atoms with van der Waals surface area (Å²) in [5.74, 6) is -1.17. The first kappa shape index (κ1) is 14.2. The molecule has 1 atom stereocenters. The van der Waals surface area contributed by atoms with Gasteiger partial charge in [-0.05, 0) is 11.8 Å². The molecule has 96 valence electrons. The van der Waals surface area contributed by atoms with Crippen LogP contribution in [0, 0.1) is 17.0 Å². The fraction of sp³-hybridized carbons (Fsp3) is 0.538. The summed E-state index contributed by atoms with van der Waals surface area (Å²) in [5, 5.41) is -0.710.